The largest absolute Gasteiger partial charge is 0.497 e. The number of hydrogen-bond donors (Lipinski definition) is 0. The molecule has 0 radical (unpaired) electrons. The van der Waals surface area contributed by atoms with Crippen molar-refractivity contribution in [2.75, 3.05) is 31.7 Å². The van der Waals surface area contributed by atoms with Gasteiger partial charge in [-0.3, -0.25) is 0 Å². The number of methoxy groups -OCH3 is 1. The molecule has 4 rings (SSSR count). The Morgan fingerprint density at radius 3 is 2.78 bits per heavy atom. The summed E-state index contributed by atoms with van der Waals surface area (Å²) in [5.74, 6) is 2.29. The van der Waals surface area contributed by atoms with E-state index in [-0.39, 0.29) is 6.10 Å². The van der Waals surface area contributed by atoms with Crippen molar-refractivity contribution in [2.24, 2.45) is 0 Å². The fraction of sp³-hybridized carbons (Fsp3) is 0.364. The fourth-order valence-corrected chi connectivity index (χ4v) is 3.62. The maximum absolute atomic E-state index is 6.10. The summed E-state index contributed by atoms with van der Waals surface area (Å²) in [4.78, 5) is 11.1. The molecular formula is C22H25N3O2. The quantitative estimate of drug-likeness (QED) is 0.690. The maximum atomic E-state index is 6.10. The number of hydrogen-bond acceptors (Lipinski definition) is 5. The Morgan fingerprint density at radius 2 is 1.96 bits per heavy atom. The van der Waals surface area contributed by atoms with E-state index in [1.807, 2.05) is 12.3 Å². The van der Waals surface area contributed by atoms with Crippen molar-refractivity contribution in [2.45, 2.75) is 25.9 Å². The van der Waals surface area contributed by atoms with Crippen LogP contribution in [0.1, 0.15) is 37.0 Å². The molecule has 3 aromatic rings. The Labute approximate surface area is 160 Å². The van der Waals surface area contributed by atoms with Crippen molar-refractivity contribution >= 4 is 16.6 Å². The van der Waals surface area contributed by atoms with Crippen molar-refractivity contribution in [3.05, 3.63) is 60.0 Å². The Kier molecular flexibility index (Phi) is 4.94. The molecule has 1 aliphatic heterocycles. The Hall–Kier alpha value is -2.66. The van der Waals surface area contributed by atoms with Crippen LogP contribution in [0.2, 0.25) is 0 Å². The predicted octanol–water partition coefficient (Wildman–Crippen LogP) is 4.34. The molecule has 5 heteroatoms. The van der Waals surface area contributed by atoms with Gasteiger partial charge >= 0.3 is 0 Å². The molecular weight excluding hydrogens is 338 g/mol. The normalized spacial score (nSPS) is 17.5. The van der Waals surface area contributed by atoms with Gasteiger partial charge in [0, 0.05) is 24.8 Å². The van der Waals surface area contributed by atoms with Crippen molar-refractivity contribution in [1.82, 2.24) is 9.97 Å². The van der Waals surface area contributed by atoms with Crippen molar-refractivity contribution in [1.29, 1.82) is 0 Å². The van der Waals surface area contributed by atoms with Gasteiger partial charge in [0.05, 0.1) is 13.7 Å². The van der Waals surface area contributed by atoms with E-state index in [0.717, 1.165) is 24.7 Å². The molecule has 0 N–H and O–H groups in total. The van der Waals surface area contributed by atoms with Crippen LogP contribution in [0.3, 0.4) is 0 Å². The van der Waals surface area contributed by atoms with Crippen LogP contribution >= 0.6 is 0 Å². The van der Waals surface area contributed by atoms with Gasteiger partial charge in [0.1, 0.15) is 24.0 Å². The van der Waals surface area contributed by atoms with E-state index in [1.54, 1.807) is 13.4 Å². The second-order valence-corrected chi connectivity index (χ2v) is 7.23. The molecule has 2 aromatic carbocycles. The lowest BCUT2D eigenvalue weighted by Crippen LogP contribution is -2.39. The van der Waals surface area contributed by atoms with Gasteiger partial charge in [-0.1, -0.05) is 32.0 Å². The topological polar surface area (TPSA) is 47.5 Å². The average Bonchev–Trinajstić information content (AvgIpc) is 2.73. The molecule has 0 unspecified atom stereocenters. The highest BCUT2D eigenvalue weighted by atomic mass is 16.5. The summed E-state index contributed by atoms with van der Waals surface area (Å²) < 4.78 is 11.4. The van der Waals surface area contributed by atoms with Crippen LogP contribution in [0.5, 0.6) is 5.75 Å². The van der Waals surface area contributed by atoms with E-state index in [1.165, 1.54) is 21.9 Å². The van der Waals surface area contributed by atoms with Crippen molar-refractivity contribution in [3.8, 4) is 5.75 Å². The predicted molar refractivity (Wildman–Crippen MR) is 108 cm³/mol. The molecule has 1 aromatic heterocycles. The molecule has 2 heterocycles. The third kappa shape index (κ3) is 3.60. The first kappa shape index (κ1) is 17.7. The van der Waals surface area contributed by atoms with Gasteiger partial charge in [-0.05, 0) is 40.5 Å². The second-order valence-electron chi connectivity index (χ2n) is 7.23. The second kappa shape index (κ2) is 7.53. The Bertz CT molecular complexity index is 942. The molecule has 0 spiro atoms. The van der Waals surface area contributed by atoms with E-state index in [4.69, 9.17) is 9.47 Å². The molecule has 5 nitrogen and oxygen atoms in total. The average molecular weight is 363 g/mol. The number of benzene rings is 2. The first-order valence-corrected chi connectivity index (χ1v) is 9.40. The van der Waals surface area contributed by atoms with Crippen LogP contribution in [0.4, 0.5) is 5.82 Å². The number of anilines is 1. The standard InChI is InChI=1S/C22H25N3O2/c1-15(2)20-12-23-14-24-22(20)25-8-9-27-21(13-25)18-5-4-17-11-19(26-3)7-6-16(17)10-18/h4-7,10-12,14-15,21H,8-9,13H2,1-3H3/t21-/m0/s1. The fourth-order valence-electron chi connectivity index (χ4n) is 3.62. The smallest absolute Gasteiger partial charge is 0.135 e. The highest BCUT2D eigenvalue weighted by Crippen LogP contribution is 2.31. The SMILES string of the molecule is COc1ccc2cc([C@@H]3CN(c4ncncc4C(C)C)CCO3)ccc2c1. The molecule has 1 saturated heterocycles. The molecule has 1 fully saturated rings. The van der Waals surface area contributed by atoms with Crippen LogP contribution in [-0.2, 0) is 4.74 Å². The highest BCUT2D eigenvalue weighted by Gasteiger charge is 2.25. The van der Waals surface area contributed by atoms with Crippen LogP contribution in [0, 0.1) is 0 Å². The molecule has 0 bridgehead atoms. The summed E-state index contributed by atoms with van der Waals surface area (Å²) >= 11 is 0. The third-order valence-electron chi connectivity index (χ3n) is 5.15. The van der Waals surface area contributed by atoms with E-state index in [2.05, 4.69) is 59.0 Å². The lowest BCUT2D eigenvalue weighted by atomic mass is 10.0. The summed E-state index contributed by atoms with van der Waals surface area (Å²) in [7, 11) is 1.69. The van der Waals surface area contributed by atoms with Crippen LogP contribution < -0.4 is 9.64 Å². The number of rotatable bonds is 4. The van der Waals surface area contributed by atoms with Gasteiger partial charge in [-0.25, -0.2) is 9.97 Å². The van der Waals surface area contributed by atoms with Gasteiger partial charge in [0.15, 0.2) is 0 Å². The van der Waals surface area contributed by atoms with Crippen molar-refractivity contribution in [3.63, 3.8) is 0 Å². The Balaban J connectivity index is 1.61. The lowest BCUT2D eigenvalue weighted by molar-refractivity contribution is 0.0395. The van der Waals surface area contributed by atoms with E-state index in [9.17, 15) is 0 Å². The molecule has 0 aliphatic carbocycles. The van der Waals surface area contributed by atoms with Crippen LogP contribution in [0.15, 0.2) is 48.9 Å². The number of morpholine rings is 1. The molecule has 1 atom stereocenters. The van der Waals surface area contributed by atoms with Gasteiger partial charge in [0.2, 0.25) is 0 Å². The van der Waals surface area contributed by atoms with Gasteiger partial charge in [-0.2, -0.15) is 0 Å². The summed E-state index contributed by atoms with van der Waals surface area (Å²) in [5, 5.41) is 2.36. The van der Waals surface area contributed by atoms with Gasteiger partial charge < -0.3 is 14.4 Å². The zero-order chi connectivity index (χ0) is 18.8. The van der Waals surface area contributed by atoms with Crippen molar-refractivity contribution < 1.29 is 9.47 Å². The summed E-state index contributed by atoms with van der Waals surface area (Å²) in [5.41, 5.74) is 2.38. The molecule has 1 aliphatic rings. The first-order chi connectivity index (χ1) is 13.2. The minimum Gasteiger partial charge on any atom is -0.497 e. The van der Waals surface area contributed by atoms with Crippen LogP contribution in [-0.4, -0.2) is 36.8 Å². The molecule has 0 saturated carbocycles. The number of nitrogens with zero attached hydrogens (tertiary/aromatic N) is 3. The van der Waals surface area contributed by atoms with E-state index < -0.39 is 0 Å². The lowest BCUT2D eigenvalue weighted by Gasteiger charge is -2.35. The highest BCUT2D eigenvalue weighted by molar-refractivity contribution is 5.84. The molecule has 140 valence electrons. The van der Waals surface area contributed by atoms with E-state index in [0.29, 0.717) is 12.5 Å². The Morgan fingerprint density at radius 1 is 1.15 bits per heavy atom. The van der Waals surface area contributed by atoms with Crippen LogP contribution in [0.25, 0.3) is 10.8 Å². The van der Waals surface area contributed by atoms with Gasteiger partial charge in [0.25, 0.3) is 0 Å². The van der Waals surface area contributed by atoms with E-state index >= 15 is 0 Å². The minimum absolute atomic E-state index is 0.0280. The summed E-state index contributed by atoms with van der Waals surface area (Å²) in [6.07, 6.45) is 3.59. The number of fused-ring (bicyclic) bond motifs is 1. The van der Waals surface area contributed by atoms with Gasteiger partial charge in [-0.15, -0.1) is 0 Å². The summed E-state index contributed by atoms with van der Waals surface area (Å²) in [6, 6.07) is 12.7. The number of aromatic nitrogens is 2. The zero-order valence-electron chi connectivity index (χ0n) is 16.1. The maximum Gasteiger partial charge on any atom is 0.135 e. The third-order valence-corrected chi connectivity index (χ3v) is 5.15. The first-order valence-electron chi connectivity index (χ1n) is 9.40. The minimum atomic E-state index is 0.0280. The zero-order valence-corrected chi connectivity index (χ0v) is 16.1. The molecule has 27 heavy (non-hydrogen) atoms. The monoisotopic (exact) mass is 363 g/mol. The molecule has 0 amide bonds. The number of ether oxygens (including phenoxy) is 2. The summed E-state index contributed by atoms with van der Waals surface area (Å²) in [6.45, 7) is 6.68.